The Kier molecular flexibility index (Phi) is 5.14. The number of aryl methyl sites for hydroxylation is 1. The number of ether oxygens (including phenoxy) is 1. The highest BCUT2D eigenvalue weighted by molar-refractivity contribution is 5.87. The largest absolute Gasteiger partial charge is 0.361 e. The lowest BCUT2D eigenvalue weighted by molar-refractivity contribution is -0.173. The van der Waals surface area contributed by atoms with Crippen LogP contribution in [0.4, 0.5) is 0 Å². The first-order valence-corrected chi connectivity index (χ1v) is 8.67. The lowest BCUT2D eigenvalue weighted by atomic mass is 9.94. The molecule has 0 aromatic carbocycles. The van der Waals surface area contributed by atoms with E-state index in [1.54, 1.807) is 22.2 Å². The molecule has 0 bridgehead atoms. The second-order valence-electron chi connectivity index (χ2n) is 6.70. The van der Waals surface area contributed by atoms with E-state index in [0.29, 0.717) is 39.0 Å². The molecule has 1 aromatic rings. The van der Waals surface area contributed by atoms with Crippen LogP contribution in [0, 0.1) is 0 Å². The van der Waals surface area contributed by atoms with Crippen molar-refractivity contribution in [1.82, 2.24) is 14.8 Å². The first kappa shape index (κ1) is 16.9. The molecule has 0 radical (unpaired) electrons. The minimum absolute atomic E-state index is 0.0183. The minimum Gasteiger partial charge on any atom is -0.361 e. The molecular formula is C18H25N3O3. The molecule has 2 saturated heterocycles. The van der Waals surface area contributed by atoms with Gasteiger partial charge in [0.25, 0.3) is 5.91 Å². The zero-order valence-corrected chi connectivity index (χ0v) is 14.2. The molecule has 0 aliphatic carbocycles. The maximum atomic E-state index is 12.7. The van der Waals surface area contributed by atoms with Crippen molar-refractivity contribution in [2.45, 2.75) is 37.7 Å². The Morgan fingerprint density at radius 3 is 3.04 bits per heavy atom. The second-order valence-corrected chi connectivity index (χ2v) is 6.70. The maximum Gasteiger partial charge on any atom is 0.256 e. The topological polar surface area (TPSA) is 62.7 Å². The van der Waals surface area contributed by atoms with Gasteiger partial charge in [-0.3, -0.25) is 14.6 Å². The van der Waals surface area contributed by atoms with Crippen molar-refractivity contribution in [3.05, 3.63) is 30.1 Å². The standard InChI is InChI=1S/C18H25N3O3/c1-20-10-3-2-8-18(17(20)23)14-21(11-12-24-18)16(22)7-6-15-5-4-9-19-13-15/h4-5,9,13H,2-3,6-8,10-12,14H2,1H3. The molecular weight excluding hydrogens is 306 g/mol. The van der Waals surface area contributed by atoms with E-state index in [1.807, 2.05) is 19.2 Å². The molecule has 2 aliphatic heterocycles. The maximum absolute atomic E-state index is 12.7. The van der Waals surface area contributed by atoms with Gasteiger partial charge in [-0.2, -0.15) is 0 Å². The molecule has 0 saturated carbocycles. The summed E-state index contributed by atoms with van der Waals surface area (Å²) >= 11 is 0. The number of carbonyl (C=O) groups is 2. The molecule has 1 atom stereocenters. The van der Waals surface area contributed by atoms with Gasteiger partial charge in [-0.05, 0) is 37.3 Å². The molecule has 6 heteroatoms. The average Bonchev–Trinajstić information content (AvgIpc) is 2.75. The molecule has 0 N–H and O–H groups in total. The van der Waals surface area contributed by atoms with Crippen LogP contribution >= 0.6 is 0 Å². The second kappa shape index (κ2) is 7.30. The van der Waals surface area contributed by atoms with E-state index in [-0.39, 0.29) is 11.8 Å². The summed E-state index contributed by atoms with van der Waals surface area (Å²) in [5.41, 5.74) is 0.215. The summed E-state index contributed by atoms with van der Waals surface area (Å²) in [6, 6.07) is 3.86. The lowest BCUT2D eigenvalue weighted by Gasteiger charge is -2.42. The number of hydrogen-bond donors (Lipinski definition) is 0. The molecule has 2 fully saturated rings. The third-order valence-electron chi connectivity index (χ3n) is 4.95. The third kappa shape index (κ3) is 3.59. The van der Waals surface area contributed by atoms with Gasteiger partial charge in [0.1, 0.15) is 0 Å². The molecule has 3 rings (SSSR count). The lowest BCUT2D eigenvalue weighted by Crippen LogP contribution is -2.60. The fraction of sp³-hybridized carbons (Fsp3) is 0.611. The summed E-state index contributed by atoms with van der Waals surface area (Å²) in [6.07, 6.45) is 7.26. The van der Waals surface area contributed by atoms with Gasteiger partial charge in [0.05, 0.1) is 13.2 Å². The van der Waals surface area contributed by atoms with Gasteiger partial charge in [-0.1, -0.05) is 6.07 Å². The van der Waals surface area contributed by atoms with Crippen molar-refractivity contribution < 1.29 is 14.3 Å². The molecule has 24 heavy (non-hydrogen) atoms. The molecule has 130 valence electrons. The molecule has 6 nitrogen and oxygen atoms in total. The monoisotopic (exact) mass is 331 g/mol. The zero-order valence-electron chi connectivity index (χ0n) is 14.2. The van der Waals surface area contributed by atoms with Gasteiger partial charge in [0.2, 0.25) is 5.91 Å². The third-order valence-corrected chi connectivity index (χ3v) is 4.95. The number of amides is 2. The van der Waals surface area contributed by atoms with Gasteiger partial charge in [0, 0.05) is 39.0 Å². The van der Waals surface area contributed by atoms with E-state index in [0.717, 1.165) is 24.9 Å². The van der Waals surface area contributed by atoms with Crippen LogP contribution in [0.3, 0.4) is 0 Å². The number of hydrogen-bond acceptors (Lipinski definition) is 4. The predicted molar refractivity (Wildman–Crippen MR) is 89.3 cm³/mol. The minimum atomic E-state index is -0.840. The number of morpholine rings is 1. The van der Waals surface area contributed by atoms with Crippen LogP contribution in [-0.4, -0.2) is 65.5 Å². The van der Waals surface area contributed by atoms with Crippen LogP contribution in [0.2, 0.25) is 0 Å². The highest BCUT2D eigenvalue weighted by atomic mass is 16.5. The fourth-order valence-electron chi connectivity index (χ4n) is 3.55. The van der Waals surface area contributed by atoms with E-state index in [4.69, 9.17) is 4.74 Å². The van der Waals surface area contributed by atoms with E-state index in [1.165, 1.54) is 0 Å². The van der Waals surface area contributed by atoms with Crippen molar-refractivity contribution in [2.24, 2.45) is 0 Å². The number of nitrogens with zero attached hydrogens (tertiary/aromatic N) is 3. The van der Waals surface area contributed by atoms with Gasteiger partial charge in [-0.25, -0.2) is 0 Å². The molecule has 2 amide bonds. The summed E-state index contributed by atoms with van der Waals surface area (Å²) in [5.74, 6) is 0.103. The van der Waals surface area contributed by atoms with Gasteiger partial charge in [-0.15, -0.1) is 0 Å². The van der Waals surface area contributed by atoms with Crippen molar-refractivity contribution in [1.29, 1.82) is 0 Å². The number of aromatic nitrogens is 1. The van der Waals surface area contributed by atoms with Gasteiger partial charge >= 0.3 is 0 Å². The number of likely N-dealkylation sites (tertiary alicyclic amines) is 1. The van der Waals surface area contributed by atoms with Crippen LogP contribution in [0.15, 0.2) is 24.5 Å². The van der Waals surface area contributed by atoms with E-state index >= 15 is 0 Å². The first-order chi connectivity index (χ1) is 11.6. The van der Waals surface area contributed by atoms with Gasteiger partial charge < -0.3 is 14.5 Å². The molecule has 1 aromatic heterocycles. The zero-order chi connectivity index (χ0) is 17.0. The molecule has 3 heterocycles. The van der Waals surface area contributed by atoms with Crippen molar-refractivity contribution in [2.75, 3.05) is 33.3 Å². The highest BCUT2D eigenvalue weighted by Crippen LogP contribution is 2.29. The Hall–Kier alpha value is -1.95. The Labute approximate surface area is 142 Å². The van der Waals surface area contributed by atoms with E-state index in [2.05, 4.69) is 4.98 Å². The van der Waals surface area contributed by atoms with Crippen molar-refractivity contribution >= 4 is 11.8 Å². The molecule has 2 aliphatic rings. The van der Waals surface area contributed by atoms with Gasteiger partial charge in [0.15, 0.2) is 5.60 Å². The van der Waals surface area contributed by atoms with Crippen molar-refractivity contribution in [3.63, 3.8) is 0 Å². The fourth-order valence-corrected chi connectivity index (χ4v) is 3.55. The number of likely N-dealkylation sites (N-methyl/N-ethyl adjacent to an activating group) is 1. The summed E-state index contributed by atoms with van der Waals surface area (Å²) in [6.45, 7) is 2.13. The van der Waals surface area contributed by atoms with Crippen LogP contribution in [0.25, 0.3) is 0 Å². The normalized spacial score (nSPS) is 25.0. The van der Waals surface area contributed by atoms with Crippen LogP contribution in [-0.2, 0) is 20.7 Å². The summed E-state index contributed by atoms with van der Waals surface area (Å²) in [4.78, 5) is 32.9. The summed E-state index contributed by atoms with van der Waals surface area (Å²) in [7, 11) is 1.82. The first-order valence-electron chi connectivity index (χ1n) is 8.67. The molecule has 1 unspecified atom stereocenters. The number of pyridine rings is 1. The average molecular weight is 331 g/mol. The smallest absolute Gasteiger partial charge is 0.256 e. The van der Waals surface area contributed by atoms with Crippen LogP contribution in [0.5, 0.6) is 0 Å². The Morgan fingerprint density at radius 1 is 1.38 bits per heavy atom. The van der Waals surface area contributed by atoms with E-state index < -0.39 is 5.60 Å². The Bertz CT molecular complexity index is 592. The molecule has 1 spiro atoms. The predicted octanol–water partition coefficient (Wildman–Crippen LogP) is 1.25. The quantitative estimate of drug-likeness (QED) is 0.836. The van der Waals surface area contributed by atoms with Crippen LogP contribution in [0.1, 0.15) is 31.2 Å². The number of carbonyl (C=O) groups excluding carboxylic acids is 2. The summed E-state index contributed by atoms with van der Waals surface area (Å²) in [5, 5.41) is 0. The Morgan fingerprint density at radius 2 is 2.25 bits per heavy atom. The SMILES string of the molecule is CN1CCCCC2(CN(C(=O)CCc3cccnc3)CCO2)C1=O. The summed E-state index contributed by atoms with van der Waals surface area (Å²) < 4.78 is 5.92. The van der Waals surface area contributed by atoms with Crippen molar-refractivity contribution in [3.8, 4) is 0 Å². The number of rotatable bonds is 3. The highest BCUT2D eigenvalue weighted by Gasteiger charge is 2.46. The van der Waals surface area contributed by atoms with E-state index in [9.17, 15) is 9.59 Å². The van der Waals surface area contributed by atoms with Crippen LogP contribution < -0.4 is 0 Å². The Balaban J connectivity index is 1.64.